The van der Waals surface area contributed by atoms with Crippen molar-refractivity contribution in [2.45, 2.75) is 19.3 Å². The monoisotopic (exact) mass is 757 g/mol. The highest BCUT2D eigenvalue weighted by Crippen LogP contribution is 2.56. The van der Waals surface area contributed by atoms with Crippen LogP contribution < -0.4 is 14.5 Å². The molecule has 4 heteroatoms. The van der Waals surface area contributed by atoms with Gasteiger partial charge in [0, 0.05) is 44.9 Å². The maximum absolute atomic E-state index is 6.82. The van der Waals surface area contributed by atoms with Crippen LogP contribution in [-0.4, -0.2) is 4.57 Å². The average Bonchev–Trinajstić information content (AvgIpc) is 3.73. The Morgan fingerprint density at radius 2 is 1.14 bits per heavy atom. The minimum Gasteiger partial charge on any atom is -0.453 e. The van der Waals surface area contributed by atoms with Gasteiger partial charge in [-0.2, -0.15) is 0 Å². The van der Waals surface area contributed by atoms with Crippen molar-refractivity contribution in [2.75, 3.05) is 9.80 Å². The first kappa shape index (κ1) is 33.6. The second-order valence-corrected chi connectivity index (χ2v) is 16.2. The molecule has 0 fully saturated rings. The van der Waals surface area contributed by atoms with Gasteiger partial charge in [-0.25, -0.2) is 0 Å². The van der Waals surface area contributed by atoms with Crippen molar-refractivity contribution in [1.82, 2.24) is 4.57 Å². The van der Waals surface area contributed by atoms with Crippen molar-refractivity contribution in [2.24, 2.45) is 0 Å². The van der Waals surface area contributed by atoms with Crippen molar-refractivity contribution in [3.05, 3.63) is 211 Å². The lowest BCUT2D eigenvalue weighted by Crippen LogP contribution is -2.17. The molecule has 0 atom stereocenters. The predicted molar refractivity (Wildman–Crippen MR) is 245 cm³/mol. The molecule has 0 radical (unpaired) electrons. The van der Waals surface area contributed by atoms with Gasteiger partial charge in [0.15, 0.2) is 11.5 Å². The van der Waals surface area contributed by atoms with Crippen molar-refractivity contribution in [3.63, 3.8) is 0 Å². The van der Waals surface area contributed by atoms with Crippen LogP contribution >= 0.6 is 0 Å². The van der Waals surface area contributed by atoms with Gasteiger partial charge in [0.2, 0.25) is 0 Å². The lowest BCUT2D eigenvalue weighted by Gasteiger charge is -2.34. The van der Waals surface area contributed by atoms with Crippen LogP contribution in [0.4, 0.5) is 34.1 Å². The molecule has 59 heavy (non-hydrogen) atoms. The number of benzene rings is 9. The standard InChI is InChI=1S/C55H39N3O/c1-55(2)45-24-10-8-23-43(45)54-46(55)25-15-28-50(54)56(41-30-31-49-53(35-41)59-52-29-13-12-27-48(52)57(49)38-18-4-3-5-19-38)39-20-14-21-40(34-39)58-47-26-11-9-22-42(47)44-32-36-16-6-7-17-37(36)33-51(44)58/h3-35H,1-2H3. The molecule has 10 aromatic rings. The van der Waals surface area contributed by atoms with Crippen LogP contribution in [0.3, 0.4) is 0 Å². The van der Waals surface area contributed by atoms with Gasteiger partial charge in [0.1, 0.15) is 0 Å². The fourth-order valence-corrected chi connectivity index (χ4v) is 9.79. The highest BCUT2D eigenvalue weighted by atomic mass is 16.5. The normalized spacial score (nSPS) is 13.5. The number of aromatic nitrogens is 1. The van der Waals surface area contributed by atoms with Gasteiger partial charge >= 0.3 is 0 Å². The van der Waals surface area contributed by atoms with Gasteiger partial charge in [-0.3, -0.25) is 0 Å². The van der Waals surface area contributed by atoms with Crippen LogP contribution in [0.2, 0.25) is 0 Å². The molecule has 1 aliphatic heterocycles. The Morgan fingerprint density at radius 3 is 2.03 bits per heavy atom. The molecule has 4 nitrogen and oxygen atoms in total. The third-order valence-electron chi connectivity index (χ3n) is 12.5. The molecule has 280 valence electrons. The highest BCUT2D eigenvalue weighted by Gasteiger charge is 2.38. The van der Waals surface area contributed by atoms with Gasteiger partial charge in [-0.15, -0.1) is 0 Å². The zero-order chi connectivity index (χ0) is 39.2. The third-order valence-corrected chi connectivity index (χ3v) is 12.5. The molecule has 12 rings (SSSR count). The van der Waals surface area contributed by atoms with Crippen LogP contribution in [0.25, 0.3) is 49.4 Å². The molecule has 1 aliphatic carbocycles. The second kappa shape index (κ2) is 12.7. The second-order valence-electron chi connectivity index (χ2n) is 16.2. The first-order chi connectivity index (χ1) is 29.0. The molecule has 0 bridgehead atoms. The molecule has 0 N–H and O–H groups in total. The number of para-hydroxylation sites is 4. The Morgan fingerprint density at radius 1 is 0.458 bits per heavy atom. The Labute approximate surface area is 343 Å². The Bertz CT molecular complexity index is 3310. The molecular formula is C55H39N3O. The predicted octanol–water partition coefficient (Wildman–Crippen LogP) is 15.3. The van der Waals surface area contributed by atoms with E-state index in [9.17, 15) is 0 Å². The summed E-state index contributed by atoms with van der Waals surface area (Å²) in [4.78, 5) is 4.73. The Hall–Kier alpha value is -7.56. The smallest absolute Gasteiger partial charge is 0.153 e. The largest absolute Gasteiger partial charge is 0.453 e. The van der Waals surface area contributed by atoms with E-state index in [-0.39, 0.29) is 5.41 Å². The Balaban J connectivity index is 1.10. The highest BCUT2D eigenvalue weighted by molar-refractivity contribution is 6.13. The number of ether oxygens (including phenoxy) is 1. The maximum atomic E-state index is 6.82. The van der Waals surface area contributed by atoms with Crippen LogP contribution in [0.15, 0.2) is 200 Å². The number of fused-ring (bicyclic) bond motifs is 9. The van der Waals surface area contributed by atoms with Crippen molar-refractivity contribution < 1.29 is 4.74 Å². The van der Waals surface area contributed by atoms with Crippen LogP contribution in [-0.2, 0) is 5.41 Å². The molecule has 0 saturated carbocycles. The van der Waals surface area contributed by atoms with Gasteiger partial charge in [-0.1, -0.05) is 129 Å². The van der Waals surface area contributed by atoms with Gasteiger partial charge < -0.3 is 19.1 Å². The summed E-state index contributed by atoms with van der Waals surface area (Å²) >= 11 is 0. The van der Waals surface area contributed by atoms with Gasteiger partial charge in [-0.05, 0) is 106 Å². The summed E-state index contributed by atoms with van der Waals surface area (Å²) < 4.78 is 9.24. The molecule has 0 saturated heterocycles. The fraction of sp³-hybridized carbons (Fsp3) is 0.0545. The summed E-state index contributed by atoms with van der Waals surface area (Å²) in [6.45, 7) is 4.70. The maximum Gasteiger partial charge on any atom is 0.153 e. The summed E-state index contributed by atoms with van der Waals surface area (Å²) in [5.41, 5.74) is 14.8. The average molecular weight is 758 g/mol. The Kier molecular flexibility index (Phi) is 7.24. The molecule has 2 aliphatic rings. The molecule has 2 heterocycles. The minimum absolute atomic E-state index is 0.153. The summed E-state index contributed by atoms with van der Waals surface area (Å²) in [6.07, 6.45) is 0. The molecule has 1 aromatic heterocycles. The van der Waals surface area contributed by atoms with E-state index in [4.69, 9.17) is 4.74 Å². The fourth-order valence-electron chi connectivity index (χ4n) is 9.79. The van der Waals surface area contributed by atoms with Crippen molar-refractivity contribution in [1.29, 1.82) is 0 Å². The van der Waals surface area contributed by atoms with Gasteiger partial charge in [0.05, 0.1) is 33.8 Å². The lowest BCUT2D eigenvalue weighted by molar-refractivity contribution is 0.477. The van der Waals surface area contributed by atoms with E-state index in [0.717, 1.165) is 51.3 Å². The van der Waals surface area contributed by atoms with E-state index in [0.29, 0.717) is 0 Å². The van der Waals surface area contributed by atoms with Crippen LogP contribution in [0.1, 0.15) is 25.0 Å². The van der Waals surface area contributed by atoms with Crippen LogP contribution in [0.5, 0.6) is 11.5 Å². The molecule has 9 aromatic carbocycles. The molecule has 0 unspecified atom stereocenters. The first-order valence-electron chi connectivity index (χ1n) is 20.3. The van der Waals surface area contributed by atoms with E-state index >= 15 is 0 Å². The molecule has 0 amide bonds. The van der Waals surface area contributed by atoms with E-state index in [2.05, 4.69) is 222 Å². The quantitative estimate of drug-likeness (QED) is 0.174. The molecule has 0 spiro atoms. The van der Waals surface area contributed by atoms with E-state index in [1.54, 1.807) is 0 Å². The number of hydrogen-bond acceptors (Lipinski definition) is 3. The topological polar surface area (TPSA) is 20.6 Å². The SMILES string of the molecule is CC1(C)c2ccccc2-c2c(N(c3cccc(-n4c5ccccc5c5cc6ccccc6cc54)c3)c3ccc4c(c3)Oc3ccccc3N4c3ccccc3)cccc21. The van der Waals surface area contributed by atoms with E-state index < -0.39 is 0 Å². The number of hydrogen-bond donors (Lipinski definition) is 0. The van der Waals surface area contributed by atoms with Crippen molar-refractivity contribution >= 4 is 66.7 Å². The first-order valence-corrected chi connectivity index (χ1v) is 20.3. The van der Waals surface area contributed by atoms with Crippen molar-refractivity contribution in [3.8, 4) is 28.3 Å². The minimum atomic E-state index is -0.153. The van der Waals surface area contributed by atoms with Gasteiger partial charge in [0.25, 0.3) is 0 Å². The number of rotatable bonds is 5. The summed E-state index contributed by atoms with van der Waals surface area (Å²) in [7, 11) is 0. The van der Waals surface area contributed by atoms with E-state index in [1.807, 2.05) is 6.07 Å². The zero-order valence-electron chi connectivity index (χ0n) is 32.8. The number of anilines is 6. The third kappa shape index (κ3) is 5.03. The van der Waals surface area contributed by atoms with Crippen LogP contribution in [0, 0.1) is 0 Å². The summed E-state index contributed by atoms with van der Waals surface area (Å²) in [5, 5.41) is 4.96. The number of nitrogens with zero attached hydrogens (tertiary/aromatic N) is 3. The summed E-state index contributed by atoms with van der Waals surface area (Å²) in [6, 6.07) is 72.4. The van der Waals surface area contributed by atoms with E-state index in [1.165, 1.54) is 54.8 Å². The lowest BCUT2D eigenvalue weighted by atomic mass is 9.82. The molecular weight excluding hydrogens is 719 g/mol. The zero-order valence-corrected chi connectivity index (χ0v) is 32.8. The summed E-state index contributed by atoms with van der Waals surface area (Å²) in [5.74, 6) is 1.62.